The van der Waals surface area contributed by atoms with Crippen molar-refractivity contribution in [1.29, 1.82) is 0 Å². The van der Waals surface area contributed by atoms with Crippen molar-refractivity contribution < 1.29 is 13.9 Å². The zero-order valence-electron chi connectivity index (χ0n) is 12.2. The maximum absolute atomic E-state index is 12.0. The van der Waals surface area contributed by atoms with E-state index in [1.54, 1.807) is 12.5 Å². The minimum absolute atomic E-state index is 0.181. The van der Waals surface area contributed by atoms with E-state index in [9.17, 15) is 4.79 Å². The van der Waals surface area contributed by atoms with Gasteiger partial charge in [0.1, 0.15) is 0 Å². The highest BCUT2D eigenvalue weighted by Gasteiger charge is 2.41. The number of ether oxygens (including phenoxy) is 1. The standard InChI is InChI=1S/C16H22O3/c1-11-9-19-10-13(11)8-16(3)12(2)6-5-7-14(16)15(17)18-4/h7,9-10,12H,5-6,8H2,1-4H3/t12-,16+/m0/s1. The summed E-state index contributed by atoms with van der Waals surface area (Å²) in [5, 5.41) is 0. The quantitative estimate of drug-likeness (QED) is 0.780. The molecule has 2 atom stereocenters. The van der Waals surface area contributed by atoms with E-state index < -0.39 is 0 Å². The first-order valence-corrected chi connectivity index (χ1v) is 6.79. The number of methoxy groups -OCH3 is 1. The summed E-state index contributed by atoms with van der Waals surface area (Å²) in [4.78, 5) is 12.0. The summed E-state index contributed by atoms with van der Waals surface area (Å²) in [6.07, 6.45) is 8.46. The maximum atomic E-state index is 12.0. The molecule has 0 aliphatic heterocycles. The molecule has 3 heteroatoms. The lowest BCUT2D eigenvalue weighted by atomic mass is 9.64. The summed E-state index contributed by atoms with van der Waals surface area (Å²) < 4.78 is 10.2. The van der Waals surface area contributed by atoms with Gasteiger partial charge in [0.2, 0.25) is 0 Å². The Morgan fingerprint density at radius 3 is 2.84 bits per heavy atom. The van der Waals surface area contributed by atoms with E-state index in [1.165, 1.54) is 12.7 Å². The maximum Gasteiger partial charge on any atom is 0.333 e. The Bertz CT molecular complexity index is 498. The van der Waals surface area contributed by atoms with Gasteiger partial charge in [-0.25, -0.2) is 4.79 Å². The minimum Gasteiger partial charge on any atom is -0.472 e. The number of allylic oxidation sites excluding steroid dienone is 1. The Morgan fingerprint density at radius 2 is 2.26 bits per heavy atom. The fourth-order valence-corrected chi connectivity index (χ4v) is 2.95. The van der Waals surface area contributed by atoms with Gasteiger partial charge >= 0.3 is 5.97 Å². The molecule has 1 aliphatic rings. The Morgan fingerprint density at radius 1 is 1.53 bits per heavy atom. The molecule has 0 fully saturated rings. The van der Waals surface area contributed by atoms with Crippen LogP contribution in [0.4, 0.5) is 0 Å². The third-order valence-electron chi connectivity index (χ3n) is 4.58. The second-order valence-corrected chi connectivity index (χ2v) is 5.76. The number of rotatable bonds is 3. The van der Waals surface area contributed by atoms with Gasteiger partial charge in [-0.2, -0.15) is 0 Å². The molecule has 1 aromatic heterocycles. The van der Waals surface area contributed by atoms with Crippen molar-refractivity contribution in [2.24, 2.45) is 11.3 Å². The van der Waals surface area contributed by atoms with Gasteiger partial charge < -0.3 is 9.15 Å². The van der Waals surface area contributed by atoms with Gasteiger partial charge in [-0.05, 0) is 43.2 Å². The Balaban J connectivity index is 2.36. The molecule has 1 aliphatic carbocycles. The van der Waals surface area contributed by atoms with Crippen molar-refractivity contribution in [2.75, 3.05) is 7.11 Å². The van der Waals surface area contributed by atoms with Crippen molar-refractivity contribution in [3.8, 4) is 0 Å². The monoisotopic (exact) mass is 262 g/mol. The molecule has 0 saturated carbocycles. The molecule has 3 nitrogen and oxygen atoms in total. The molecule has 0 bridgehead atoms. The van der Waals surface area contributed by atoms with Crippen LogP contribution in [-0.2, 0) is 16.0 Å². The highest BCUT2D eigenvalue weighted by molar-refractivity contribution is 5.90. The highest BCUT2D eigenvalue weighted by atomic mass is 16.5. The lowest BCUT2D eigenvalue weighted by Crippen LogP contribution is -2.36. The SMILES string of the molecule is COC(=O)C1=CCC[C@H](C)[C@@]1(C)Cc1cocc1C. The van der Waals surface area contributed by atoms with Crippen molar-refractivity contribution in [2.45, 2.75) is 40.0 Å². The van der Waals surface area contributed by atoms with Crippen LogP contribution < -0.4 is 0 Å². The second kappa shape index (κ2) is 5.24. The molecule has 2 rings (SSSR count). The van der Waals surface area contributed by atoms with Crippen LogP contribution >= 0.6 is 0 Å². The van der Waals surface area contributed by atoms with Gasteiger partial charge in [0.05, 0.1) is 19.6 Å². The molecule has 0 saturated heterocycles. The third-order valence-corrected chi connectivity index (χ3v) is 4.58. The van der Waals surface area contributed by atoms with Gasteiger partial charge in [0.25, 0.3) is 0 Å². The van der Waals surface area contributed by atoms with E-state index >= 15 is 0 Å². The fraction of sp³-hybridized carbons (Fsp3) is 0.562. The van der Waals surface area contributed by atoms with Gasteiger partial charge in [-0.3, -0.25) is 0 Å². The van der Waals surface area contributed by atoms with Crippen LogP contribution in [0.2, 0.25) is 0 Å². The molecule has 0 amide bonds. The minimum atomic E-state index is -0.199. The van der Waals surface area contributed by atoms with E-state index in [0.29, 0.717) is 5.92 Å². The first-order chi connectivity index (χ1) is 8.99. The highest BCUT2D eigenvalue weighted by Crippen LogP contribution is 2.45. The van der Waals surface area contributed by atoms with Crippen LogP contribution in [0.3, 0.4) is 0 Å². The van der Waals surface area contributed by atoms with Crippen LogP contribution in [0.5, 0.6) is 0 Å². The lowest BCUT2D eigenvalue weighted by molar-refractivity contribution is -0.138. The molecular formula is C16H22O3. The van der Waals surface area contributed by atoms with E-state index in [4.69, 9.17) is 9.15 Å². The summed E-state index contributed by atoms with van der Waals surface area (Å²) in [6, 6.07) is 0. The summed E-state index contributed by atoms with van der Waals surface area (Å²) in [5.74, 6) is 0.246. The average molecular weight is 262 g/mol. The van der Waals surface area contributed by atoms with Gasteiger partial charge in [0, 0.05) is 11.0 Å². The van der Waals surface area contributed by atoms with E-state index in [2.05, 4.69) is 13.8 Å². The third kappa shape index (κ3) is 2.46. The second-order valence-electron chi connectivity index (χ2n) is 5.76. The van der Waals surface area contributed by atoms with Crippen LogP contribution in [0, 0.1) is 18.3 Å². The normalized spacial score (nSPS) is 26.9. The molecule has 1 heterocycles. The van der Waals surface area contributed by atoms with Crippen LogP contribution in [0.25, 0.3) is 0 Å². The lowest BCUT2D eigenvalue weighted by Gasteiger charge is -2.40. The molecule has 0 N–H and O–H groups in total. The zero-order chi connectivity index (χ0) is 14.0. The summed E-state index contributed by atoms with van der Waals surface area (Å²) in [7, 11) is 1.45. The number of hydrogen-bond donors (Lipinski definition) is 0. The molecule has 0 aromatic carbocycles. The molecule has 0 radical (unpaired) electrons. The fourth-order valence-electron chi connectivity index (χ4n) is 2.95. The molecule has 1 aromatic rings. The Kier molecular flexibility index (Phi) is 3.83. The van der Waals surface area contributed by atoms with E-state index in [0.717, 1.165) is 30.4 Å². The average Bonchev–Trinajstić information content (AvgIpc) is 2.77. The van der Waals surface area contributed by atoms with Crippen LogP contribution in [0.1, 0.15) is 37.8 Å². The van der Waals surface area contributed by atoms with E-state index in [1.807, 2.05) is 13.0 Å². The number of carbonyl (C=O) groups excluding carboxylic acids is 1. The van der Waals surface area contributed by atoms with Gasteiger partial charge in [-0.15, -0.1) is 0 Å². The van der Waals surface area contributed by atoms with Crippen molar-refractivity contribution >= 4 is 5.97 Å². The van der Waals surface area contributed by atoms with Crippen LogP contribution in [0.15, 0.2) is 28.6 Å². The van der Waals surface area contributed by atoms with Crippen molar-refractivity contribution in [3.05, 3.63) is 35.3 Å². The summed E-state index contributed by atoms with van der Waals surface area (Å²) in [5.41, 5.74) is 2.95. The predicted molar refractivity (Wildman–Crippen MR) is 73.8 cm³/mol. The smallest absolute Gasteiger partial charge is 0.333 e. The van der Waals surface area contributed by atoms with Crippen LogP contribution in [-0.4, -0.2) is 13.1 Å². The number of esters is 1. The Hall–Kier alpha value is -1.51. The zero-order valence-corrected chi connectivity index (χ0v) is 12.2. The van der Waals surface area contributed by atoms with Gasteiger partial charge in [0.15, 0.2) is 0 Å². The summed E-state index contributed by atoms with van der Waals surface area (Å²) in [6.45, 7) is 6.41. The Labute approximate surface area is 114 Å². The van der Waals surface area contributed by atoms with Crippen molar-refractivity contribution in [1.82, 2.24) is 0 Å². The number of furan rings is 1. The number of carbonyl (C=O) groups is 1. The molecular weight excluding hydrogens is 240 g/mol. The van der Waals surface area contributed by atoms with E-state index in [-0.39, 0.29) is 11.4 Å². The first kappa shape index (κ1) is 13.9. The largest absolute Gasteiger partial charge is 0.472 e. The molecule has 0 spiro atoms. The first-order valence-electron chi connectivity index (χ1n) is 6.79. The topological polar surface area (TPSA) is 39.4 Å². The molecule has 104 valence electrons. The molecule has 0 unspecified atom stereocenters. The summed E-state index contributed by atoms with van der Waals surface area (Å²) >= 11 is 0. The molecule has 19 heavy (non-hydrogen) atoms. The predicted octanol–water partition coefficient (Wildman–Crippen LogP) is 3.67. The number of aryl methyl sites for hydroxylation is 1. The number of hydrogen-bond acceptors (Lipinski definition) is 3. The van der Waals surface area contributed by atoms with Crippen molar-refractivity contribution in [3.63, 3.8) is 0 Å². The van der Waals surface area contributed by atoms with Gasteiger partial charge in [-0.1, -0.05) is 19.9 Å².